The van der Waals surface area contributed by atoms with Gasteiger partial charge in [0.15, 0.2) is 5.84 Å². The summed E-state index contributed by atoms with van der Waals surface area (Å²) in [5.41, 5.74) is 2.26. The van der Waals surface area contributed by atoms with E-state index in [2.05, 4.69) is 15.0 Å². The number of carbonyl (C=O) groups excluding carboxylic acids is 1. The van der Waals surface area contributed by atoms with E-state index in [9.17, 15) is 17.6 Å². The van der Waals surface area contributed by atoms with Crippen LogP contribution in [0.15, 0.2) is 76.0 Å². The van der Waals surface area contributed by atoms with Crippen molar-refractivity contribution in [2.75, 3.05) is 41.8 Å². The molecule has 0 spiro atoms. The highest BCUT2D eigenvalue weighted by Crippen LogP contribution is 2.27. The molecular formula is C24H21FN4O4S. The van der Waals surface area contributed by atoms with Crippen LogP contribution >= 0.6 is 0 Å². The molecule has 0 aliphatic carbocycles. The molecule has 2 aliphatic rings. The Hall–Kier alpha value is -3.76. The van der Waals surface area contributed by atoms with Gasteiger partial charge in [0.2, 0.25) is 0 Å². The van der Waals surface area contributed by atoms with Gasteiger partial charge in [-0.25, -0.2) is 4.39 Å². The number of carbonyl (C=O) groups is 1. The van der Waals surface area contributed by atoms with Gasteiger partial charge in [-0.2, -0.15) is 8.42 Å². The Kier molecular flexibility index (Phi) is 5.76. The summed E-state index contributed by atoms with van der Waals surface area (Å²) in [5.74, 6) is -0.577. The van der Waals surface area contributed by atoms with E-state index in [1.165, 1.54) is 12.1 Å². The predicted octanol–water partition coefficient (Wildman–Crippen LogP) is 3.48. The van der Waals surface area contributed by atoms with Crippen LogP contribution in [0, 0.1) is 5.82 Å². The lowest BCUT2D eigenvalue weighted by Gasteiger charge is -2.29. The summed E-state index contributed by atoms with van der Waals surface area (Å²) in [6, 6.07) is 17.6. The van der Waals surface area contributed by atoms with Crippen LogP contribution < -0.4 is 15.5 Å². The Morgan fingerprint density at radius 1 is 0.971 bits per heavy atom. The van der Waals surface area contributed by atoms with Crippen molar-refractivity contribution in [1.29, 1.82) is 0 Å². The Labute approximate surface area is 196 Å². The quantitative estimate of drug-likeness (QED) is 0.593. The second kappa shape index (κ2) is 8.88. The van der Waals surface area contributed by atoms with E-state index in [0.717, 1.165) is 0 Å². The average Bonchev–Trinajstić information content (AvgIpc) is 3.10. The van der Waals surface area contributed by atoms with Gasteiger partial charge in [-0.3, -0.25) is 4.79 Å². The number of hydrogen-bond acceptors (Lipinski definition) is 6. The summed E-state index contributed by atoms with van der Waals surface area (Å²) in [4.78, 5) is 14.7. The van der Waals surface area contributed by atoms with Gasteiger partial charge >= 0.3 is 0 Å². The molecule has 0 aromatic heterocycles. The third-order valence-electron chi connectivity index (χ3n) is 5.60. The first-order valence-electron chi connectivity index (χ1n) is 10.7. The number of benzene rings is 3. The molecule has 5 rings (SSSR count). The van der Waals surface area contributed by atoms with E-state index in [4.69, 9.17) is 4.74 Å². The standard InChI is InChI=1S/C24H21FN4O4S/c25-20-15-18(9-10-21(20)29-11-13-33-14-12-29)27-24(30)16-5-7-17(8-6-16)26-23-19-3-1-2-4-22(19)34(31,32)28-23/h1-10,15H,11-14H2,(H,26,28)(H,27,30). The number of ether oxygens (including phenoxy) is 1. The predicted molar refractivity (Wildman–Crippen MR) is 128 cm³/mol. The highest BCUT2D eigenvalue weighted by atomic mass is 32.2. The highest BCUT2D eigenvalue weighted by Gasteiger charge is 2.28. The van der Waals surface area contributed by atoms with Gasteiger partial charge in [0.05, 0.1) is 18.9 Å². The third kappa shape index (κ3) is 4.37. The summed E-state index contributed by atoms with van der Waals surface area (Å²) < 4.78 is 48.1. The van der Waals surface area contributed by atoms with Crippen molar-refractivity contribution < 1.29 is 22.3 Å². The lowest BCUT2D eigenvalue weighted by molar-refractivity contribution is 0.102. The molecule has 0 bridgehead atoms. The van der Waals surface area contributed by atoms with Crippen molar-refractivity contribution in [3.63, 3.8) is 0 Å². The first-order valence-corrected chi connectivity index (χ1v) is 12.1. The van der Waals surface area contributed by atoms with Crippen molar-refractivity contribution in [2.45, 2.75) is 4.90 Å². The zero-order valence-electron chi connectivity index (χ0n) is 18.0. The largest absolute Gasteiger partial charge is 0.378 e. The van der Waals surface area contributed by atoms with Crippen molar-refractivity contribution in [3.8, 4) is 0 Å². The number of halogens is 1. The summed E-state index contributed by atoms with van der Waals surface area (Å²) >= 11 is 0. The molecule has 2 heterocycles. The van der Waals surface area contributed by atoms with Crippen LogP contribution in [-0.2, 0) is 14.8 Å². The average molecular weight is 481 g/mol. The Balaban J connectivity index is 1.26. The second-order valence-electron chi connectivity index (χ2n) is 7.83. The molecule has 2 aliphatic heterocycles. The number of amidine groups is 1. The van der Waals surface area contributed by atoms with E-state index in [1.807, 2.05) is 4.90 Å². The molecular weight excluding hydrogens is 459 g/mol. The Morgan fingerprint density at radius 3 is 2.41 bits per heavy atom. The van der Waals surface area contributed by atoms with E-state index in [1.54, 1.807) is 54.6 Å². The van der Waals surface area contributed by atoms with Crippen LogP contribution in [0.4, 0.5) is 21.5 Å². The van der Waals surface area contributed by atoms with Gasteiger partial charge in [-0.1, -0.05) is 12.1 Å². The zero-order chi connectivity index (χ0) is 23.7. The van der Waals surface area contributed by atoms with Crippen LogP contribution in [-0.4, -0.2) is 46.5 Å². The number of amides is 1. The maximum atomic E-state index is 14.6. The van der Waals surface area contributed by atoms with Gasteiger partial charge in [0, 0.05) is 35.6 Å². The number of nitrogens with one attached hydrogen (secondary N) is 2. The van der Waals surface area contributed by atoms with Crippen molar-refractivity contribution in [2.24, 2.45) is 4.40 Å². The molecule has 0 saturated carbocycles. The lowest BCUT2D eigenvalue weighted by Crippen LogP contribution is -2.36. The van der Waals surface area contributed by atoms with Crippen LogP contribution in [0.5, 0.6) is 0 Å². The maximum absolute atomic E-state index is 14.6. The van der Waals surface area contributed by atoms with Crippen LogP contribution in [0.25, 0.3) is 0 Å². The molecule has 8 nitrogen and oxygen atoms in total. The number of nitrogens with zero attached hydrogens (tertiary/aromatic N) is 2. The zero-order valence-corrected chi connectivity index (χ0v) is 18.8. The van der Waals surface area contributed by atoms with E-state index >= 15 is 0 Å². The molecule has 174 valence electrons. The number of hydrogen-bond donors (Lipinski definition) is 2. The fourth-order valence-corrected chi connectivity index (χ4v) is 5.06. The summed E-state index contributed by atoms with van der Waals surface area (Å²) in [6.45, 7) is 2.34. The maximum Gasteiger partial charge on any atom is 0.285 e. The Bertz CT molecular complexity index is 1380. The number of morpholine rings is 1. The SMILES string of the molecule is O=C(Nc1ccc(N2CCOCC2)c(F)c1)c1ccc(NC2=NS(=O)(=O)c3ccccc32)cc1. The smallest absolute Gasteiger partial charge is 0.285 e. The first-order chi connectivity index (χ1) is 16.4. The van der Waals surface area contributed by atoms with E-state index in [0.29, 0.717) is 54.5 Å². The fraction of sp³-hybridized carbons (Fsp3) is 0.167. The van der Waals surface area contributed by atoms with E-state index < -0.39 is 21.7 Å². The first kappa shape index (κ1) is 22.1. The van der Waals surface area contributed by atoms with Crippen molar-refractivity contribution in [1.82, 2.24) is 0 Å². The molecule has 0 radical (unpaired) electrons. The molecule has 1 amide bonds. The lowest BCUT2D eigenvalue weighted by atomic mass is 10.1. The van der Waals surface area contributed by atoms with Crippen LogP contribution in [0.2, 0.25) is 0 Å². The topological polar surface area (TPSA) is 100 Å². The monoisotopic (exact) mass is 480 g/mol. The third-order valence-corrected chi connectivity index (χ3v) is 6.93. The summed E-state index contributed by atoms with van der Waals surface area (Å²) in [5, 5.41) is 5.69. The number of rotatable bonds is 4. The van der Waals surface area contributed by atoms with Crippen LogP contribution in [0.1, 0.15) is 15.9 Å². The van der Waals surface area contributed by atoms with Gasteiger partial charge in [0.1, 0.15) is 10.7 Å². The molecule has 3 aromatic rings. The molecule has 34 heavy (non-hydrogen) atoms. The normalized spacial score (nSPS) is 16.5. The highest BCUT2D eigenvalue weighted by molar-refractivity contribution is 7.90. The minimum Gasteiger partial charge on any atom is -0.378 e. The van der Waals surface area contributed by atoms with Crippen molar-refractivity contribution >= 4 is 38.8 Å². The minimum atomic E-state index is -3.72. The molecule has 0 atom stereocenters. The number of anilines is 3. The van der Waals surface area contributed by atoms with Gasteiger partial charge < -0.3 is 20.3 Å². The van der Waals surface area contributed by atoms with Gasteiger partial charge in [0.25, 0.3) is 15.9 Å². The van der Waals surface area contributed by atoms with Gasteiger partial charge in [-0.15, -0.1) is 4.40 Å². The number of sulfonamides is 1. The molecule has 10 heteroatoms. The molecule has 1 fully saturated rings. The molecule has 2 N–H and O–H groups in total. The molecule has 0 unspecified atom stereocenters. The molecule has 3 aromatic carbocycles. The summed E-state index contributed by atoms with van der Waals surface area (Å²) in [7, 11) is -3.72. The summed E-state index contributed by atoms with van der Waals surface area (Å²) in [6.07, 6.45) is 0. The van der Waals surface area contributed by atoms with Gasteiger partial charge in [-0.05, 0) is 54.6 Å². The number of fused-ring (bicyclic) bond motifs is 1. The minimum absolute atomic E-state index is 0.153. The van der Waals surface area contributed by atoms with E-state index in [-0.39, 0.29) is 10.7 Å². The Morgan fingerprint density at radius 2 is 1.68 bits per heavy atom. The fourth-order valence-electron chi connectivity index (χ4n) is 3.89. The second-order valence-corrected chi connectivity index (χ2v) is 9.41. The van der Waals surface area contributed by atoms with Crippen LogP contribution in [0.3, 0.4) is 0 Å². The van der Waals surface area contributed by atoms with Crippen molar-refractivity contribution in [3.05, 3.63) is 83.7 Å². The molecule has 1 saturated heterocycles.